The molecule has 0 saturated carbocycles. The maximum atomic E-state index is 12.0. The highest BCUT2D eigenvalue weighted by atomic mass is 19.1. The van der Waals surface area contributed by atoms with E-state index in [0.717, 1.165) is 5.56 Å². The van der Waals surface area contributed by atoms with Gasteiger partial charge in [0.05, 0.1) is 5.94 Å². The third-order valence-corrected chi connectivity index (χ3v) is 2.13. The molecule has 4 nitrogen and oxygen atoms in total. The minimum atomic E-state index is -1.71. The maximum Gasteiger partial charge on any atom is 0.475 e. The van der Waals surface area contributed by atoms with Gasteiger partial charge in [0, 0.05) is 0 Å². The van der Waals surface area contributed by atoms with Crippen LogP contribution in [0.15, 0.2) is 30.3 Å². The number of hydrogen-bond donors (Lipinski definition) is 3. The van der Waals surface area contributed by atoms with Gasteiger partial charge in [-0.25, -0.2) is 4.39 Å². The Morgan fingerprint density at radius 2 is 2.00 bits per heavy atom. The van der Waals surface area contributed by atoms with Gasteiger partial charge in [-0.3, -0.25) is 4.79 Å². The van der Waals surface area contributed by atoms with E-state index in [-0.39, 0.29) is 6.42 Å². The molecule has 0 aliphatic rings. The fourth-order valence-electron chi connectivity index (χ4n) is 1.34. The van der Waals surface area contributed by atoms with Gasteiger partial charge in [-0.2, -0.15) is 0 Å². The van der Waals surface area contributed by atoms with Crippen molar-refractivity contribution in [1.29, 1.82) is 0 Å². The predicted molar refractivity (Wildman–Crippen MR) is 58.2 cm³/mol. The highest BCUT2D eigenvalue weighted by Crippen LogP contribution is 2.04. The average Bonchev–Trinajstić information content (AvgIpc) is 2.29. The Kier molecular flexibility index (Phi) is 4.95. The van der Waals surface area contributed by atoms with Gasteiger partial charge >= 0.3 is 7.12 Å². The lowest BCUT2D eigenvalue weighted by Gasteiger charge is -2.16. The van der Waals surface area contributed by atoms with Crippen molar-refractivity contribution in [3.63, 3.8) is 0 Å². The number of benzene rings is 1. The summed E-state index contributed by atoms with van der Waals surface area (Å²) in [6.45, 7) is -1.17. The molecule has 3 N–H and O–H groups in total. The molecule has 1 unspecified atom stereocenters. The lowest BCUT2D eigenvalue weighted by Crippen LogP contribution is -2.48. The SMILES string of the molecule is O=C(CF)NC(Cc1ccccc1)B(O)O. The number of rotatable bonds is 5. The zero-order valence-electron chi connectivity index (χ0n) is 8.64. The second-order valence-corrected chi connectivity index (χ2v) is 3.41. The molecule has 1 atom stereocenters. The normalized spacial score (nSPS) is 11.9. The van der Waals surface area contributed by atoms with E-state index < -0.39 is 25.6 Å². The van der Waals surface area contributed by atoms with Crippen molar-refractivity contribution in [3.05, 3.63) is 35.9 Å². The van der Waals surface area contributed by atoms with Crippen LogP contribution in [-0.4, -0.2) is 35.7 Å². The summed E-state index contributed by atoms with van der Waals surface area (Å²) in [6, 6.07) is 9.00. The van der Waals surface area contributed by atoms with E-state index in [1.807, 2.05) is 6.07 Å². The van der Waals surface area contributed by atoms with Gasteiger partial charge in [-0.1, -0.05) is 30.3 Å². The Bertz CT molecular complexity index is 334. The summed E-state index contributed by atoms with van der Waals surface area (Å²) < 4.78 is 12.0. The van der Waals surface area contributed by atoms with Crippen LogP contribution >= 0.6 is 0 Å². The summed E-state index contributed by atoms with van der Waals surface area (Å²) in [6.07, 6.45) is 0.240. The van der Waals surface area contributed by atoms with Crippen LogP contribution in [0.3, 0.4) is 0 Å². The van der Waals surface area contributed by atoms with Gasteiger partial charge in [-0.15, -0.1) is 0 Å². The van der Waals surface area contributed by atoms with Crippen LogP contribution in [0.4, 0.5) is 4.39 Å². The molecule has 0 aromatic heterocycles. The quantitative estimate of drug-likeness (QED) is 0.602. The van der Waals surface area contributed by atoms with Crippen LogP contribution in [0.2, 0.25) is 0 Å². The van der Waals surface area contributed by atoms with Crippen molar-refractivity contribution in [2.75, 3.05) is 6.67 Å². The van der Waals surface area contributed by atoms with Crippen LogP contribution in [0.5, 0.6) is 0 Å². The van der Waals surface area contributed by atoms with E-state index in [2.05, 4.69) is 5.32 Å². The third-order valence-electron chi connectivity index (χ3n) is 2.13. The summed E-state index contributed by atoms with van der Waals surface area (Å²) in [4.78, 5) is 10.8. The summed E-state index contributed by atoms with van der Waals surface area (Å²) in [5.41, 5.74) is 0.833. The van der Waals surface area contributed by atoms with Crippen LogP contribution in [-0.2, 0) is 11.2 Å². The van der Waals surface area contributed by atoms with E-state index in [0.29, 0.717) is 0 Å². The Morgan fingerprint density at radius 1 is 1.38 bits per heavy atom. The number of carbonyl (C=O) groups excluding carboxylic acids is 1. The summed E-state index contributed by atoms with van der Waals surface area (Å²) in [5, 5.41) is 20.3. The zero-order valence-corrected chi connectivity index (χ0v) is 8.64. The standard InChI is InChI=1S/C10H13BFNO3/c12-7-10(14)13-9(11(15)16)6-8-4-2-1-3-5-8/h1-5,9,15-16H,6-7H2,(H,13,14). The molecule has 0 fully saturated rings. The van der Waals surface area contributed by atoms with E-state index >= 15 is 0 Å². The molecule has 0 saturated heterocycles. The van der Waals surface area contributed by atoms with E-state index in [9.17, 15) is 9.18 Å². The molecule has 0 aliphatic carbocycles. The number of amides is 1. The zero-order chi connectivity index (χ0) is 12.0. The number of nitrogens with one attached hydrogen (secondary N) is 1. The van der Waals surface area contributed by atoms with Crippen molar-refractivity contribution < 1.29 is 19.2 Å². The molecule has 0 heterocycles. The van der Waals surface area contributed by atoms with Crippen LogP contribution < -0.4 is 5.32 Å². The van der Waals surface area contributed by atoms with E-state index in [1.54, 1.807) is 24.3 Å². The second-order valence-electron chi connectivity index (χ2n) is 3.41. The van der Waals surface area contributed by atoms with E-state index in [1.165, 1.54) is 0 Å². The molecular formula is C10H13BFNO3. The highest BCUT2D eigenvalue weighted by molar-refractivity contribution is 6.43. The molecule has 1 aromatic carbocycles. The third kappa shape index (κ3) is 4.00. The molecule has 86 valence electrons. The lowest BCUT2D eigenvalue weighted by atomic mass is 9.76. The molecule has 16 heavy (non-hydrogen) atoms. The first-order valence-corrected chi connectivity index (χ1v) is 4.89. The molecule has 0 radical (unpaired) electrons. The lowest BCUT2D eigenvalue weighted by molar-refractivity contribution is -0.122. The van der Waals surface area contributed by atoms with Crippen molar-refractivity contribution in [1.82, 2.24) is 5.32 Å². The summed E-state index contributed by atoms with van der Waals surface area (Å²) in [7, 11) is -1.71. The van der Waals surface area contributed by atoms with E-state index in [4.69, 9.17) is 10.0 Å². The molecule has 6 heteroatoms. The summed E-state index contributed by atoms with van der Waals surface area (Å²) in [5.74, 6) is -1.75. The Hall–Kier alpha value is -1.40. The average molecular weight is 225 g/mol. The topological polar surface area (TPSA) is 69.6 Å². The van der Waals surface area contributed by atoms with Gasteiger partial charge in [0.25, 0.3) is 5.91 Å². The van der Waals surface area contributed by atoms with Gasteiger partial charge in [-0.05, 0) is 12.0 Å². The van der Waals surface area contributed by atoms with Gasteiger partial charge in [0.15, 0.2) is 6.67 Å². The Balaban J connectivity index is 2.62. The van der Waals surface area contributed by atoms with Gasteiger partial charge in [0.2, 0.25) is 0 Å². The fourth-order valence-corrected chi connectivity index (χ4v) is 1.34. The molecule has 0 aliphatic heterocycles. The van der Waals surface area contributed by atoms with Crippen LogP contribution in [0, 0.1) is 0 Å². The first-order chi connectivity index (χ1) is 7.63. The molecule has 1 rings (SSSR count). The number of halogens is 1. The first-order valence-electron chi connectivity index (χ1n) is 4.89. The van der Waals surface area contributed by atoms with Crippen molar-refractivity contribution in [2.24, 2.45) is 0 Å². The predicted octanol–water partition coefficient (Wildman–Crippen LogP) is -0.305. The largest absolute Gasteiger partial charge is 0.475 e. The highest BCUT2D eigenvalue weighted by Gasteiger charge is 2.25. The Morgan fingerprint density at radius 3 is 2.50 bits per heavy atom. The molecule has 1 amide bonds. The minimum absolute atomic E-state index is 0.240. The van der Waals surface area contributed by atoms with Crippen LogP contribution in [0.1, 0.15) is 5.56 Å². The first kappa shape index (κ1) is 12.7. The van der Waals surface area contributed by atoms with Gasteiger partial charge in [0.1, 0.15) is 0 Å². The number of alkyl halides is 1. The van der Waals surface area contributed by atoms with Crippen molar-refractivity contribution >= 4 is 13.0 Å². The molecule has 0 spiro atoms. The summed E-state index contributed by atoms with van der Waals surface area (Å²) >= 11 is 0. The van der Waals surface area contributed by atoms with Crippen LogP contribution in [0.25, 0.3) is 0 Å². The monoisotopic (exact) mass is 225 g/mol. The van der Waals surface area contributed by atoms with Crippen molar-refractivity contribution in [3.8, 4) is 0 Å². The molecular weight excluding hydrogens is 212 g/mol. The fraction of sp³-hybridized carbons (Fsp3) is 0.300. The maximum absolute atomic E-state index is 12.0. The van der Waals surface area contributed by atoms with Gasteiger partial charge < -0.3 is 15.4 Å². The minimum Gasteiger partial charge on any atom is -0.426 e. The second kappa shape index (κ2) is 6.24. The molecule has 0 bridgehead atoms. The molecule has 1 aromatic rings. The van der Waals surface area contributed by atoms with Crippen molar-refractivity contribution in [2.45, 2.75) is 12.4 Å². The Labute approximate surface area is 93.2 Å². The number of carbonyl (C=O) groups is 1. The smallest absolute Gasteiger partial charge is 0.426 e. The number of hydrogen-bond acceptors (Lipinski definition) is 3.